The maximum Gasteiger partial charge on any atom is 0.472 e. The fourth-order valence-corrected chi connectivity index (χ4v) is 7.54. The summed E-state index contributed by atoms with van der Waals surface area (Å²) in [5.41, 5.74) is 0. The normalized spacial score (nSPS) is 14.1. The van der Waals surface area contributed by atoms with Crippen molar-refractivity contribution in [2.75, 3.05) is 26.4 Å². The van der Waals surface area contributed by atoms with Gasteiger partial charge < -0.3 is 24.2 Å². The minimum Gasteiger partial charge on any atom is -0.462 e. The van der Waals surface area contributed by atoms with Crippen LogP contribution in [0.1, 0.15) is 213 Å². The topological polar surface area (TPSA) is 155 Å². The molecule has 0 saturated heterocycles. The molecule has 0 saturated carbocycles. The molecule has 0 aliphatic carbocycles. The van der Waals surface area contributed by atoms with Crippen molar-refractivity contribution in [2.24, 2.45) is 0 Å². The van der Waals surface area contributed by atoms with E-state index in [0.717, 1.165) is 103 Å². The summed E-state index contributed by atoms with van der Waals surface area (Å²) >= 11 is 0. The molecule has 12 heteroatoms. The minimum absolute atomic E-state index is 0.0689. The van der Waals surface area contributed by atoms with Crippen molar-refractivity contribution in [1.82, 2.24) is 0 Å². The first-order valence-electron chi connectivity index (χ1n) is 26.5. The third-order valence-electron chi connectivity index (χ3n) is 10.8. The Bertz CT molecular complexity index is 1460. The number of phosphoric ester groups is 1. The van der Waals surface area contributed by atoms with Crippen molar-refractivity contribution in [3.8, 4) is 0 Å². The highest BCUT2D eigenvalue weighted by atomic mass is 31.2. The van der Waals surface area contributed by atoms with Crippen LogP contribution in [-0.4, -0.2) is 66.5 Å². The predicted molar refractivity (Wildman–Crippen MR) is 279 cm³/mol. The van der Waals surface area contributed by atoms with Crippen molar-refractivity contribution in [3.63, 3.8) is 0 Å². The molecule has 2 N–H and O–H groups in total. The fourth-order valence-electron chi connectivity index (χ4n) is 6.76. The van der Waals surface area contributed by atoms with Gasteiger partial charge in [0.05, 0.1) is 26.2 Å². The first-order valence-corrected chi connectivity index (χ1v) is 28.0. The number of hydrogen-bond acceptors (Lipinski definition) is 10. The van der Waals surface area contributed by atoms with Gasteiger partial charge in [0, 0.05) is 12.8 Å². The van der Waals surface area contributed by atoms with Crippen LogP contribution in [0.2, 0.25) is 0 Å². The van der Waals surface area contributed by atoms with Crippen LogP contribution in [0.4, 0.5) is 0 Å². The zero-order valence-electron chi connectivity index (χ0n) is 42.8. The van der Waals surface area contributed by atoms with E-state index in [1.807, 2.05) is 18.2 Å². The number of rotatable bonds is 48. The standard InChI is InChI=1S/C56H95O11P/c1-4-7-10-13-16-19-22-24-26-28-31-33-36-39-42-45-54(58)63-49-53(67-56(60)47-44-41-38-35-32-29-27-25-23-20-17-14-11-8-5-2)51-65-68(61,62)64-50-52(48-57)66-55(59)46-43-40-37-34-30-21-18-15-12-9-6-3/h8,11,15,17-18,20,24-27,32,35,41,44,52-53,57H,4-7,9-10,12-14,16,19,21-23,28-31,33-34,36-40,42-43,45-51H2,1-3H3,(H,61,62)/b11-8-,18-15-,20-17-,26-24-,27-25-,35-32-,44-41-. The lowest BCUT2D eigenvalue weighted by Crippen LogP contribution is -2.30. The second-order valence-corrected chi connectivity index (χ2v) is 18.8. The molecule has 68 heavy (non-hydrogen) atoms. The van der Waals surface area contributed by atoms with Gasteiger partial charge in [0.15, 0.2) is 6.10 Å². The lowest BCUT2D eigenvalue weighted by atomic mass is 10.1. The number of hydrogen-bond donors (Lipinski definition) is 2. The molecule has 0 aliphatic heterocycles. The number of aliphatic hydroxyl groups excluding tert-OH is 1. The van der Waals surface area contributed by atoms with Gasteiger partial charge >= 0.3 is 25.7 Å². The summed E-state index contributed by atoms with van der Waals surface area (Å²) in [5.74, 6) is -1.64. The Balaban J connectivity index is 4.88. The van der Waals surface area contributed by atoms with Crippen molar-refractivity contribution < 1.29 is 52.2 Å². The van der Waals surface area contributed by atoms with Crippen LogP contribution in [0, 0.1) is 0 Å². The Kier molecular flexibility index (Phi) is 47.6. The highest BCUT2D eigenvalue weighted by molar-refractivity contribution is 7.47. The number of esters is 3. The SMILES string of the molecule is CC/C=C\C/C=C\C/C=C\C/C=C\C/C=C\CC(=O)OC(COC(=O)CCCCCCC/C=C\CCCCCCCC)COP(=O)(O)OCC(CO)OC(=O)CCCCCCC/C=C\CCCC. The molecule has 0 fully saturated rings. The monoisotopic (exact) mass is 975 g/mol. The van der Waals surface area contributed by atoms with Gasteiger partial charge in [-0.2, -0.15) is 0 Å². The van der Waals surface area contributed by atoms with Crippen LogP contribution in [0.3, 0.4) is 0 Å². The van der Waals surface area contributed by atoms with E-state index in [2.05, 4.69) is 81.5 Å². The molecule has 0 radical (unpaired) electrons. The number of aliphatic hydroxyl groups is 1. The average Bonchev–Trinajstić information content (AvgIpc) is 3.32. The first kappa shape index (κ1) is 64.7. The van der Waals surface area contributed by atoms with E-state index in [1.54, 1.807) is 6.08 Å². The number of unbranched alkanes of at least 4 members (excludes halogenated alkanes) is 18. The molecule has 390 valence electrons. The first-order chi connectivity index (χ1) is 33.2. The van der Waals surface area contributed by atoms with Crippen LogP contribution < -0.4 is 0 Å². The van der Waals surface area contributed by atoms with E-state index in [-0.39, 0.29) is 25.9 Å². The average molecular weight is 975 g/mol. The number of allylic oxidation sites excluding steroid dienone is 13. The van der Waals surface area contributed by atoms with Gasteiger partial charge in [0.1, 0.15) is 12.7 Å². The Morgan fingerprint density at radius 1 is 0.441 bits per heavy atom. The molecule has 0 spiro atoms. The third-order valence-corrected chi connectivity index (χ3v) is 11.8. The molecule has 0 amide bonds. The van der Waals surface area contributed by atoms with Gasteiger partial charge in [-0.1, -0.05) is 189 Å². The Hall–Kier alpha value is -3.34. The third kappa shape index (κ3) is 47.7. The molecular weight excluding hydrogens is 880 g/mol. The van der Waals surface area contributed by atoms with Crippen LogP contribution in [0.15, 0.2) is 85.1 Å². The van der Waals surface area contributed by atoms with Crippen molar-refractivity contribution in [2.45, 2.75) is 226 Å². The van der Waals surface area contributed by atoms with Crippen LogP contribution in [0.5, 0.6) is 0 Å². The molecule has 0 heterocycles. The predicted octanol–water partition coefficient (Wildman–Crippen LogP) is 15.1. The Labute approximate surface area is 413 Å². The van der Waals surface area contributed by atoms with E-state index in [1.165, 1.54) is 51.4 Å². The molecule has 0 aromatic heterocycles. The zero-order valence-corrected chi connectivity index (χ0v) is 43.7. The molecule has 0 aliphatic rings. The second kappa shape index (κ2) is 50.1. The smallest absolute Gasteiger partial charge is 0.462 e. The fraction of sp³-hybridized carbons (Fsp3) is 0.696. The largest absolute Gasteiger partial charge is 0.472 e. The summed E-state index contributed by atoms with van der Waals surface area (Å²) in [6.45, 7) is 4.33. The zero-order chi connectivity index (χ0) is 49.9. The number of carbonyl (C=O) groups excluding carboxylic acids is 3. The maximum atomic E-state index is 12.8. The summed E-state index contributed by atoms with van der Waals surface area (Å²) < 4.78 is 39.2. The van der Waals surface area contributed by atoms with Gasteiger partial charge in [-0.05, 0) is 89.9 Å². The van der Waals surface area contributed by atoms with Crippen LogP contribution in [0.25, 0.3) is 0 Å². The van der Waals surface area contributed by atoms with E-state index >= 15 is 0 Å². The van der Waals surface area contributed by atoms with Crippen molar-refractivity contribution in [3.05, 3.63) is 85.1 Å². The second-order valence-electron chi connectivity index (χ2n) is 17.3. The number of carbonyl (C=O) groups is 3. The van der Waals surface area contributed by atoms with Gasteiger partial charge in [0.2, 0.25) is 0 Å². The highest BCUT2D eigenvalue weighted by Crippen LogP contribution is 2.43. The quantitative estimate of drug-likeness (QED) is 0.0197. The molecule has 0 bridgehead atoms. The lowest BCUT2D eigenvalue weighted by Gasteiger charge is -2.21. The molecule has 3 atom stereocenters. The van der Waals surface area contributed by atoms with Crippen LogP contribution >= 0.6 is 7.82 Å². The molecule has 3 unspecified atom stereocenters. The maximum absolute atomic E-state index is 12.8. The summed E-state index contributed by atoms with van der Waals surface area (Å²) in [5, 5.41) is 9.76. The highest BCUT2D eigenvalue weighted by Gasteiger charge is 2.28. The van der Waals surface area contributed by atoms with Gasteiger partial charge in [-0.15, -0.1) is 0 Å². The van der Waals surface area contributed by atoms with E-state index in [4.69, 9.17) is 23.3 Å². The van der Waals surface area contributed by atoms with Crippen LogP contribution in [-0.2, 0) is 42.2 Å². The van der Waals surface area contributed by atoms with Crippen molar-refractivity contribution in [1.29, 1.82) is 0 Å². The Morgan fingerprint density at radius 3 is 1.32 bits per heavy atom. The number of phosphoric acid groups is 1. The van der Waals surface area contributed by atoms with E-state index in [9.17, 15) is 28.9 Å². The summed E-state index contributed by atoms with van der Waals surface area (Å²) in [6.07, 6.45) is 55.8. The molecule has 0 aromatic carbocycles. The molecule has 11 nitrogen and oxygen atoms in total. The summed E-state index contributed by atoms with van der Waals surface area (Å²) in [7, 11) is -4.77. The molecule has 0 rings (SSSR count). The molecular formula is C56H95O11P. The van der Waals surface area contributed by atoms with E-state index in [0.29, 0.717) is 19.3 Å². The Morgan fingerprint density at radius 2 is 0.838 bits per heavy atom. The summed E-state index contributed by atoms with van der Waals surface area (Å²) in [4.78, 5) is 48.2. The van der Waals surface area contributed by atoms with Gasteiger partial charge in [-0.3, -0.25) is 23.4 Å². The van der Waals surface area contributed by atoms with Crippen molar-refractivity contribution >= 4 is 25.7 Å². The molecule has 0 aromatic rings. The van der Waals surface area contributed by atoms with E-state index < -0.39 is 57.8 Å². The minimum atomic E-state index is -4.77. The number of ether oxygens (including phenoxy) is 3. The lowest BCUT2D eigenvalue weighted by molar-refractivity contribution is -0.160. The van der Waals surface area contributed by atoms with Gasteiger partial charge in [0.25, 0.3) is 0 Å². The van der Waals surface area contributed by atoms with Gasteiger partial charge in [-0.25, -0.2) is 4.57 Å². The summed E-state index contributed by atoms with van der Waals surface area (Å²) in [6, 6.07) is 0.